The molecular weight excluding hydrogens is 286 g/mol. The van der Waals surface area contributed by atoms with E-state index in [-0.39, 0.29) is 17.4 Å². The van der Waals surface area contributed by atoms with Gasteiger partial charge in [-0.2, -0.15) is 0 Å². The van der Waals surface area contributed by atoms with E-state index >= 15 is 0 Å². The lowest BCUT2D eigenvalue weighted by Gasteiger charge is -2.19. The van der Waals surface area contributed by atoms with Crippen LogP contribution < -0.4 is 5.73 Å². The van der Waals surface area contributed by atoms with E-state index in [1.807, 2.05) is 48.5 Å². The van der Waals surface area contributed by atoms with Crippen molar-refractivity contribution in [2.24, 2.45) is 0 Å². The van der Waals surface area contributed by atoms with Crippen LogP contribution in [0.4, 0.5) is 5.69 Å². The predicted molar refractivity (Wildman–Crippen MR) is 92.6 cm³/mol. The van der Waals surface area contributed by atoms with Crippen LogP contribution in [-0.2, 0) is 6.42 Å². The van der Waals surface area contributed by atoms with Crippen molar-refractivity contribution in [2.75, 3.05) is 5.73 Å². The minimum absolute atomic E-state index is 0.139. The molecule has 3 aromatic carbocycles. The van der Waals surface area contributed by atoms with Gasteiger partial charge in [-0.05, 0) is 59.5 Å². The van der Waals surface area contributed by atoms with Crippen molar-refractivity contribution in [2.45, 2.75) is 12.3 Å². The minimum atomic E-state index is 0.139. The lowest BCUT2D eigenvalue weighted by molar-refractivity contribution is 0.475. The Morgan fingerprint density at radius 1 is 0.652 bits per heavy atom. The molecule has 0 aliphatic heterocycles. The Kier molecular flexibility index (Phi) is 4.20. The van der Waals surface area contributed by atoms with Gasteiger partial charge in [-0.1, -0.05) is 36.4 Å². The van der Waals surface area contributed by atoms with Crippen molar-refractivity contribution in [1.29, 1.82) is 0 Å². The molecule has 23 heavy (non-hydrogen) atoms. The maximum absolute atomic E-state index is 9.52. The number of phenols is 2. The van der Waals surface area contributed by atoms with E-state index in [1.54, 1.807) is 24.3 Å². The highest BCUT2D eigenvalue weighted by molar-refractivity contribution is 5.42. The number of phenolic OH excluding ortho intramolecular Hbond substituents is 2. The van der Waals surface area contributed by atoms with Crippen molar-refractivity contribution in [1.82, 2.24) is 0 Å². The van der Waals surface area contributed by atoms with Gasteiger partial charge in [0.05, 0.1) is 0 Å². The Hall–Kier alpha value is -2.94. The Bertz CT molecular complexity index is 717. The van der Waals surface area contributed by atoms with Gasteiger partial charge in [0.25, 0.3) is 0 Å². The molecule has 0 atom stereocenters. The molecule has 3 rings (SSSR count). The molecule has 3 heteroatoms. The molecule has 0 aromatic heterocycles. The van der Waals surface area contributed by atoms with Gasteiger partial charge in [-0.25, -0.2) is 0 Å². The maximum atomic E-state index is 9.52. The number of hydrogen-bond acceptors (Lipinski definition) is 3. The maximum Gasteiger partial charge on any atom is 0.115 e. The van der Waals surface area contributed by atoms with Gasteiger partial charge in [-0.3, -0.25) is 0 Å². The quantitative estimate of drug-likeness (QED) is 0.637. The first-order chi connectivity index (χ1) is 11.1. The molecule has 4 N–H and O–H groups in total. The zero-order valence-electron chi connectivity index (χ0n) is 12.7. The van der Waals surface area contributed by atoms with E-state index in [9.17, 15) is 10.2 Å². The fourth-order valence-electron chi connectivity index (χ4n) is 2.73. The van der Waals surface area contributed by atoms with Gasteiger partial charge in [0.15, 0.2) is 0 Å². The summed E-state index contributed by atoms with van der Waals surface area (Å²) in [5, 5.41) is 19.0. The smallest absolute Gasteiger partial charge is 0.115 e. The first-order valence-corrected chi connectivity index (χ1v) is 7.54. The van der Waals surface area contributed by atoms with E-state index < -0.39 is 0 Å². The van der Waals surface area contributed by atoms with Crippen LogP contribution in [0.15, 0.2) is 72.8 Å². The van der Waals surface area contributed by atoms with Crippen LogP contribution in [0.3, 0.4) is 0 Å². The van der Waals surface area contributed by atoms with Crippen molar-refractivity contribution in [3.63, 3.8) is 0 Å². The van der Waals surface area contributed by atoms with Crippen LogP contribution in [0.2, 0.25) is 0 Å². The van der Waals surface area contributed by atoms with Gasteiger partial charge in [0.2, 0.25) is 0 Å². The van der Waals surface area contributed by atoms with Gasteiger partial charge in [-0.15, -0.1) is 0 Å². The van der Waals surface area contributed by atoms with Crippen LogP contribution in [-0.4, -0.2) is 10.2 Å². The summed E-state index contributed by atoms with van der Waals surface area (Å²) in [5.41, 5.74) is 9.92. The number of anilines is 1. The first-order valence-electron chi connectivity index (χ1n) is 7.54. The third-order valence-corrected chi connectivity index (χ3v) is 4.01. The summed E-state index contributed by atoms with van der Waals surface area (Å²) in [6, 6.07) is 22.4. The Morgan fingerprint density at radius 2 is 1.09 bits per heavy atom. The summed E-state index contributed by atoms with van der Waals surface area (Å²) in [7, 11) is 0. The lowest BCUT2D eigenvalue weighted by Crippen LogP contribution is -2.05. The van der Waals surface area contributed by atoms with Crippen molar-refractivity contribution < 1.29 is 10.2 Å². The highest BCUT2D eigenvalue weighted by atomic mass is 16.3. The predicted octanol–water partition coefficient (Wildman–Crippen LogP) is 4.05. The number of hydrogen-bond donors (Lipinski definition) is 3. The molecule has 0 fully saturated rings. The number of benzene rings is 3. The molecule has 3 aromatic rings. The fourth-order valence-corrected chi connectivity index (χ4v) is 2.73. The number of aromatic hydroxyl groups is 2. The highest BCUT2D eigenvalue weighted by Crippen LogP contribution is 2.30. The topological polar surface area (TPSA) is 66.5 Å². The van der Waals surface area contributed by atoms with Crippen LogP contribution in [0.5, 0.6) is 11.5 Å². The Balaban J connectivity index is 1.97. The van der Waals surface area contributed by atoms with Gasteiger partial charge in [0.1, 0.15) is 11.5 Å². The molecule has 0 saturated heterocycles. The third-order valence-electron chi connectivity index (χ3n) is 4.01. The van der Waals surface area contributed by atoms with Crippen molar-refractivity contribution >= 4 is 5.69 Å². The second kappa shape index (κ2) is 6.44. The van der Waals surface area contributed by atoms with Crippen LogP contribution in [0, 0.1) is 0 Å². The first kappa shape index (κ1) is 15.0. The number of nitrogen functional groups attached to an aromatic ring is 1. The zero-order valence-corrected chi connectivity index (χ0v) is 12.7. The van der Waals surface area contributed by atoms with Crippen LogP contribution >= 0.6 is 0 Å². The minimum Gasteiger partial charge on any atom is -0.508 e. The third kappa shape index (κ3) is 3.64. The van der Waals surface area contributed by atoms with Crippen LogP contribution in [0.1, 0.15) is 22.6 Å². The molecule has 0 heterocycles. The monoisotopic (exact) mass is 305 g/mol. The van der Waals surface area contributed by atoms with E-state index in [0.717, 1.165) is 23.2 Å². The highest BCUT2D eigenvalue weighted by Gasteiger charge is 2.15. The largest absolute Gasteiger partial charge is 0.508 e. The summed E-state index contributed by atoms with van der Waals surface area (Å²) in [6.07, 6.45) is 0.815. The van der Waals surface area contributed by atoms with E-state index in [0.29, 0.717) is 0 Å². The molecular formula is C20H19NO2. The number of nitrogens with two attached hydrogens (primary N) is 1. The average Bonchev–Trinajstić information content (AvgIpc) is 2.56. The molecule has 0 unspecified atom stereocenters. The molecule has 0 aliphatic rings. The van der Waals surface area contributed by atoms with E-state index in [4.69, 9.17) is 5.73 Å². The summed E-state index contributed by atoms with van der Waals surface area (Å²) in [4.78, 5) is 0. The van der Waals surface area contributed by atoms with E-state index in [2.05, 4.69) is 0 Å². The average molecular weight is 305 g/mol. The molecule has 0 amide bonds. The van der Waals surface area contributed by atoms with Gasteiger partial charge in [0, 0.05) is 11.6 Å². The molecule has 0 bridgehead atoms. The Labute approximate surface area is 135 Å². The second-order valence-electron chi connectivity index (χ2n) is 5.68. The second-order valence-corrected chi connectivity index (χ2v) is 5.68. The van der Waals surface area contributed by atoms with Gasteiger partial charge < -0.3 is 15.9 Å². The number of rotatable bonds is 4. The molecule has 116 valence electrons. The van der Waals surface area contributed by atoms with Crippen molar-refractivity contribution in [3.05, 3.63) is 89.5 Å². The summed E-state index contributed by atoms with van der Waals surface area (Å²) in [6.45, 7) is 0. The summed E-state index contributed by atoms with van der Waals surface area (Å²) < 4.78 is 0. The molecule has 0 aliphatic carbocycles. The molecule has 0 radical (unpaired) electrons. The van der Waals surface area contributed by atoms with Crippen LogP contribution in [0.25, 0.3) is 0 Å². The zero-order chi connectivity index (χ0) is 16.2. The van der Waals surface area contributed by atoms with Gasteiger partial charge >= 0.3 is 0 Å². The standard InChI is InChI=1S/C20H19NO2/c21-17-7-1-14(2-8-17)13-20(15-3-9-18(22)10-4-15)16-5-11-19(23)12-6-16/h1-12,20,22-23H,13,21H2. The summed E-state index contributed by atoms with van der Waals surface area (Å²) >= 11 is 0. The Morgan fingerprint density at radius 3 is 1.52 bits per heavy atom. The van der Waals surface area contributed by atoms with E-state index in [1.165, 1.54) is 5.56 Å². The van der Waals surface area contributed by atoms with Crippen molar-refractivity contribution in [3.8, 4) is 11.5 Å². The summed E-state index contributed by atoms with van der Waals surface area (Å²) in [5.74, 6) is 0.649. The molecule has 0 spiro atoms. The lowest BCUT2D eigenvalue weighted by atomic mass is 9.86. The fraction of sp³-hybridized carbons (Fsp3) is 0.100. The molecule has 3 nitrogen and oxygen atoms in total. The normalized spacial score (nSPS) is 10.8. The molecule has 0 saturated carbocycles. The SMILES string of the molecule is Nc1ccc(CC(c2ccc(O)cc2)c2ccc(O)cc2)cc1.